The minimum atomic E-state index is 0.425. The Kier molecular flexibility index (Phi) is 3.70. The second-order valence-electron chi connectivity index (χ2n) is 5.73. The Balaban J connectivity index is 1.85. The summed E-state index contributed by atoms with van der Waals surface area (Å²) in [6, 6.07) is 15.8. The van der Waals surface area contributed by atoms with Crippen LogP contribution in [0.3, 0.4) is 0 Å². The fourth-order valence-electron chi connectivity index (χ4n) is 2.79. The summed E-state index contributed by atoms with van der Waals surface area (Å²) < 4.78 is 1.47. The molecule has 5 nitrogen and oxygen atoms in total. The van der Waals surface area contributed by atoms with Crippen molar-refractivity contribution in [1.29, 1.82) is 0 Å². The number of hydrogen-bond acceptors (Lipinski definition) is 5. The summed E-state index contributed by atoms with van der Waals surface area (Å²) >= 11 is 6.45. The van der Waals surface area contributed by atoms with Crippen LogP contribution < -0.4 is 15.5 Å². The van der Waals surface area contributed by atoms with Crippen LogP contribution in [0.5, 0.6) is 0 Å². The molecule has 0 fully saturated rings. The molecule has 4 rings (SSSR count). The van der Waals surface area contributed by atoms with Crippen molar-refractivity contribution in [3.63, 3.8) is 0 Å². The third-order valence-corrected chi connectivity index (χ3v) is 4.40. The lowest BCUT2D eigenvalue weighted by Gasteiger charge is -2.15. The van der Waals surface area contributed by atoms with Crippen molar-refractivity contribution in [2.45, 2.75) is 12.8 Å². The number of aromatic nitrogens is 2. The molecule has 6 bridgehead atoms. The molecule has 3 N–H and O–H groups in total. The van der Waals surface area contributed by atoms with Crippen LogP contribution in [-0.2, 0) is 12.8 Å². The van der Waals surface area contributed by atoms with Crippen LogP contribution in [0.4, 0.5) is 28.8 Å². The molecule has 0 unspecified atom stereocenters. The van der Waals surface area contributed by atoms with Gasteiger partial charge in [0, 0.05) is 29.3 Å². The predicted molar refractivity (Wildman–Crippen MR) is 98.0 cm³/mol. The highest BCUT2D eigenvalue weighted by molar-refractivity contribution is 6.28. The summed E-state index contributed by atoms with van der Waals surface area (Å²) in [6.07, 6.45) is 3.42. The summed E-state index contributed by atoms with van der Waals surface area (Å²) in [5, 5.41) is 3.29. The first-order chi connectivity index (χ1) is 11.7. The molecule has 0 aliphatic carbocycles. The second kappa shape index (κ2) is 6.02. The topological polar surface area (TPSA) is 67.1 Å². The van der Waals surface area contributed by atoms with Gasteiger partial charge >= 0.3 is 0 Å². The molecule has 0 saturated heterocycles. The summed E-state index contributed by atoms with van der Waals surface area (Å²) in [6.45, 7) is 0. The van der Waals surface area contributed by atoms with Gasteiger partial charge in [-0.1, -0.05) is 12.1 Å². The van der Waals surface area contributed by atoms with Gasteiger partial charge in [0.15, 0.2) is 0 Å². The number of nitrogens with two attached hydrogens (primary N) is 1. The van der Waals surface area contributed by atoms with Gasteiger partial charge in [-0.25, -0.2) is 9.40 Å². The summed E-state index contributed by atoms with van der Waals surface area (Å²) in [7, 11) is 0. The van der Waals surface area contributed by atoms with Crippen LogP contribution >= 0.6 is 11.8 Å². The molecule has 1 aromatic heterocycles. The molecular weight excluding hydrogens is 322 g/mol. The zero-order chi connectivity index (χ0) is 16.5. The Morgan fingerprint density at radius 3 is 2.92 bits per heavy atom. The van der Waals surface area contributed by atoms with Crippen molar-refractivity contribution < 1.29 is 0 Å². The smallest absolute Gasteiger partial charge is 0.247 e. The van der Waals surface area contributed by atoms with E-state index in [1.54, 1.807) is 12.3 Å². The van der Waals surface area contributed by atoms with Crippen LogP contribution in [-0.4, -0.2) is 9.97 Å². The Morgan fingerprint density at radius 1 is 1.08 bits per heavy atom. The maximum absolute atomic E-state index is 6.45. The van der Waals surface area contributed by atoms with E-state index in [-0.39, 0.29) is 0 Å². The minimum absolute atomic E-state index is 0.425. The molecule has 6 heteroatoms. The van der Waals surface area contributed by atoms with Crippen LogP contribution in [0.25, 0.3) is 0 Å². The van der Waals surface area contributed by atoms with Gasteiger partial charge in [0.2, 0.25) is 5.95 Å². The second-order valence-corrected chi connectivity index (χ2v) is 6.07. The quantitative estimate of drug-likeness (QED) is 0.475. The average molecular weight is 338 g/mol. The van der Waals surface area contributed by atoms with Gasteiger partial charge < -0.3 is 11.1 Å². The molecule has 24 heavy (non-hydrogen) atoms. The molecule has 0 saturated carbocycles. The van der Waals surface area contributed by atoms with Gasteiger partial charge in [0.25, 0.3) is 0 Å². The number of nitrogen functional groups attached to an aromatic ring is 1. The molecule has 0 spiro atoms. The van der Waals surface area contributed by atoms with Crippen LogP contribution in [0.2, 0.25) is 0 Å². The summed E-state index contributed by atoms with van der Waals surface area (Å²) in [4.78, 5) is 8.75. The first kappa shape index (κ1) is 14.8. The van der Waals surface area contributed by atoms with Gasteiger partial charge in [-0.15, -0.1) is 0 Å². The van der Waals surface area contributed by atoms with Crippen molar-refractivity contribution in [2.75, 3.05) is 15.5 Å². The molecule has 120 valence electrons. The first-order valence-corrected chi connectivity index (χ1v) is 8.06. The zero-order valence-corrected chi connectivity index (χ0v) is 13.7. The number of nitrogens with one attached hydrogen (secondary N) is 1. The number of hydrogen-bond donors (Lipinski definition) is 2. The number of aryl methyl sites for hydroxylation is 2. The predicted octanol–water partition coefficient (Wildman–Crippen LogP) is 4.19. The molecule has 1 aliphatic heterocycles. The summed E-state index contributed by atoms with van der Waals surface area (Å²) in [5.74, 6) is 1.10. The van der Waals surface area contributed by atoms with E-state index in [4.69, 9.17) is 17.5 Å². The molecular formula is C18H16ClN5. The monoisotopic (exact) mass is 337 g/mol. The summed E-state index contributed by atoms with van der Waals surface area (Å²) in [5.41, 5.74) is 11.0. The van der Waals surface area contributed by atoms with Crippen LogP contribution in [0.15, 0.2) is 54.7 Å². The molecule has 0 atom stereocenters. The normalized spacial score (nSPS) is 13.3. The van der Waals surface area contributed by atoms with E-state index in [1.807, 2.05) is 30.3 Å². The molecule has 3 aromatic rings. The molecule has 0 amide bonds. The Hall–Kier alpha value is -2.79. The van der Waals surface area contributed by atoms with Crippen molar-refractivity contribution in [2.24, 2.45) is 0 Å². The van der Waals surface area contributed by atoms with E-state index < -0.39 is 0 Å². The third-order valence-electron chi connectivity index (χ3n) is 4.05. The fraction of sp³-hybridized carbons (Fsp3) is 0.111. The standard InChI is InChI=1S/C18H16ClN5/c19-24-15-3-1-2-12(10-15)4-5-13-11-14(6-7-16(13)20)22-17-8-9-21-18(24)23-17/h1-3,6-11H,4-5,20H2,(H,21,22,23). The Morgan fingerprint density at radius 2 is 2.00 bits per heavy atom. The molecule has 2 aromatic carbocycles. The van der Waals surface area contributed by atoms with Gasteiger partial charge in [-0.3, -0.25) is 0 Å². The lowest BCUT2D eigenvalue weighted by Crippen LogP contribution is -2.07. The van der Waals surface area contributed by atoms with E-state index in [2.05, 4.69) is 27.4 Å². The Labute approximate surface area is 145 Å². The van der Waals surface area contributed by atoms with Gasteiger partial charge in [-0.05, 0) is 60.4 Å². The van der Waals surface area contributed by atoms with E-state index in [0.29, 0.717) is 11.8 Å². The highest BCUT2D eigenvalue weighted by Gasteiger charge is 2.13. The Bertz CT molecular complexity index is 896. The van der Waals surface area contributed by atoms with Crippen molar-refractivity contribution in [3.8, 4) is 0 Å². The number of anilines is 5. The zero-order valence-electron chi connectivity index (χ0n) is 12.9. The minimum Gasteiger partial charge on any atom is -0.399 e. The lowest BCUT2D eigenvalue weighted by molar-refractivity contribution is 0.963. The van der Waals surface area contributed by atoms with E-state index >= 15 is 0 Å². The highest BCUT2D eigenvalue weighted by atomic mass is 35.5. The van der Waals surface area contributed by atoms with Crippen molar-refractivity contribution >= 4 is 40.6 Å². The van der Waals surface area contributed by atoms with Gasteiger partial charge in [0.1, 0.15) is 5.82 Å². The number of benzene rings is 2. The largest absolute Gasteiger partial charge is 0.399 e. The lowest BCUT2D eigenvalue weighted by atomic mass is 10.0. The third kappa shape index (κ3) is 2.86. The van der Waals surface area contributed by atoms with Crippen molar-refractivity contribution in [1.82, 2.24) is 9.97 Å². The van der Waals surface area contributed by atoms with E-state index in [9.17, 15) is 0 Å². The van der Waals surface area contributed by atoms with Crippen LogP contribution in [0, 0.1) is 0 Å². The number of halogens is 1. The van der Waals surface area contributed by atoms with E-state index in [0.717, 1.165) is 35.5 Å². The molecule has 1 aliphatic rings. The first-order valence-electron chi connectivity index (χ1n) is 7.72. The van der Waals surface area contributed by atoms with Crippen LogP contribution in [0.1, 0.15) is 11.1 Å². The molecule has 0 radical (unpaired) electrons. The number of nitrogens with zero attached hydrogens (tertiary/aromatic N) is 3. The maximum Gasteiger partial charge on any atom is 0.247 e. The van der Waals surface area contributed by atoms with E-state index in [1.165, 1.54) is 9.98 Å². The highest BCUT2D eigenvalue weighted by Crippen LogP contribution is 2.29. The van der Waals surface area contributed by atoms with Gasteiger partial charge in [0.05, 0.1) is 5.69 Å². The average Bonchev–Trinajstić information content (AvgIpc) is 2.61. The maximum atomic E-state index is 6.45. The number of rotatable bonds is 0. The fourth-order valence-corrected chi connectivity index (χ4v) is 2.98. The SMILES string of the molecule is Nc1ccc2cc1CCc1cccc(c1)N(Cl)c1nccc(n1)N2. The van der Waals surface area contributed by atoms with Crippen molar-refractivity contribution in [3.05, 3.63) is 65.9 Å². The van der Waals surface area contributed by atoms with Gasteiger partial charge in [-0.2, -0.15) is 4.98 Å². The molecule has 2 heterocycles. The number of fused-ring (bicyclic) bond motifs is 6.